The molecular formula is C27H31N5O2S. The Balaban J connectivity index is 1.06. The van der Waals surface area contributed by atoms with Gasteiger partial charge < -0.3 is 19.8 Å². The van der Waals surface area contributed by atoms with Gasteiger partial charge in [-0.2, -0.15) is 0 Å². The Hall–Kier alpha value is -2.55. The number of aryl methyl sites for hydroxylation is 1. The highest BCUT2D eigenvalue weighted by atomic mass is 32.1. The van der Waals surface area contributed by atoms with Gasteiger partial charge >= 0.3 is 0 Å². The number of ether oxygens (including phenoxy) is 2. The van der Waals surface area contributed by atoms with Gasteiger partial charge in [0.15, 0.2) is 5.79 Å². The summed E-state index contributed by atoms with van der Waals surface area (Å²) in [4.78, 5) is 13.1. The van der Waals surface area contributed by atoms with Crippen molar-refractivity contribution in [1.29, 1.82) is 0 Å². The van der Waals surface area contributed by atoms with Crippen molar-refractivity contribution >= 4 is 38.4 Å². The molecule has 0 unspecified atom stereocenters. The van der Waals surface area contributed by atoms with Crippen molar-refractivity contribution in [2.24, 2.45) is 11.3 Å². The summed E-state index contributed by atoms with van der Waals surface area (Å²) in [5, 5.41) is 0.908. The molecule has 2 saturated carbocycles. The van der Waals surface area contributed by atoms with Crippen LogP contribution in [0.3, 0.4) is 0 Å². The molecule has 0 amide bonds. The number of rotatable bonds is 5. The number of nitrogens with zero attached hydrogens (tertiary/aromatic N) is 4. The average molecular weight is 490 g/mol. The maximum atomic E-state index is 6.55. The first kappa shape index (κ1) is 21.7. The molecule has 0 bridgehead atoms. The molecule has 3 atom stereocenters. The number of nitrogens with two attached hydrogens (primary N) is 1. The maximum absolute atomic E-state index is 6.55. The summed E-state index contributed by atoms with van der Waals surface area (Å²) in [6.45, 7) is 4.08. The van der Waals surface area contributed by atoms with Gasteiger partial charge in [-0.1, -0.05) is 12.5 Å². The van der Waals surface area contributed by atoms with Gasteiger partial charge in [0.25, 0.3) is 0 Å². The molecule has 4 heterocycles. The van der Waals surface area contributed by atoms with Crippen LogP contribution in [0.1, 0.15) is 57.6 Å². The number of hydrogen-bond donors (Lipinski definition) is 1. The fraction of sp³-hybridized carbons (Fsp3) is 0.519. The Labute approximate surface area is 208 Å². The highest BCUT2D eigenvalue weighted by molar-refractivity contribution is 7.16. The third-order valence-corrected chi connectivity index (χ3v) is 9.28. The number of thiazole rings is 1. The summed E-state index contributed by atoms with van der Waals surface area (Å²) >= 11 is 1.72. The van der Waals surface area contributed by atoms with Crippen LogP contribution in [0.5, 0.6) is 0 Å². The zero-order valence-corrected chi connectivity index (χ0v) is 21.0. The van der Waals surface area contributed by atoms with Crippen LogP contribution in [-0.2, 0) is 15.9 Å². The van der Waals surface area contributed by atoms with Gasteiger partial charge in [-0.3, -0.25) is 0 Å². The van der Waals surface area contributed by atoms with E-state index in [0.29, 0.717) is 5.82 Å². The van der Waals surface area contributed by atoms with Crippen LogP contribution < -0.4 is 5.73 Å². The van der Waals surface area contributed by atoms with Crippen molar-refractivity contribution in [3.05, 3.63) is 47.9 Å². The van der Waals surface area contributed by atoms with Crippen molar-refractivity contribution in [1.82, 2.24) is 19.5 Å². The molecule has 7 nitrogen and oxygen atoms in total. The van der Waals surface area contributed by atoms with E-state index in [1.54, 1.807) is 17.7 Å². The molecule has 2 N–H and O–H groups in total. The van der Waals surface area contributed by atoms with Crippen molar-refractivity contribution in [2.75, 3.05) is 5.73 Å². The van der Waals surface area contributed by atoms with Gasteiger partial charge in [0.2, 0.25) is 0 Å². The van der Waals surface area contributed by atoms with E-state index in [4.69, 9.17) is 15.2 Å². The molecule has 3 fully saturated rings. The molecule has 7 rings (SSSR count). The van der Waals surface area contributed by atoms with E-state index < -0.39 is 5.79 Å². The molecular weight excluding hydrogens is 458 g/mol. The van der Waals surface area contributed by atoms with Crippen LogP contribution in [0.25, 0.3) is 21.3 Å². The zero-order chi connectivity index (χ0) is 23.8. The molecule has 1 aliphatic heterocycles. The standard InChI is InChI=1S/C27H31N5O2S/c1-26(2)33-22-20(32-9-8-18-24(28)29-14-30-25(18)32)13-27(23(22)34-26)11-17(12-27)5-3-4-16-6-7-19-21(10-16)35-15-31-19/h6-10,14-15,17,20,22-23H,3-5,11-13H2,1-2H3,(H2,28,29,30)/t17?,20-,22+,23+,27?/m1/s1. The van der Waals surface area contributed by atoms with Crippen LogP contribution in [-0.4, -0.2) is 37.5 Å². The van der Waals surface area contributed by atoms with E-state index in [2.05, 4.69) is 43.9 Å². The monoisotopic (exact) mass is 489 g/mol. The minimum absolute atomic E-state index is 0.0314. The molecule has 3 aliphatic rings. The molecule has 3 aromatic heterocycles. The molecule has 8 heteroatoms. The van der Waals surface area contributed by atoms with Crippen molar-refractivity contribution < 1.29 is 9.47 Å². The minimum atomic E-state index is -0.557. The second-order valence-electron chi connectivity index (χ2n) is 11.2. The molecule has 1 aromatic carbocycles. The Morgan fingerprint density at radius 1 is 1.11 bits per heavy atom. The van der Waals surface area contributed by atoms with E-state index in [1.165, 1.54) is 35.9 Å². The summed E-state index contributed by atoms with van der Waals surface area (Å²) in [5.74, 6) is 0.728. The normalized spacial score (nSPS) is 31.4. The number of aromatic nitrogens is 4. The summed E-state index contributed by atoms with van der Waals surface area (Å²) < 4.78 is 16.6. The van der Waals surface area contributed by atoms with Gasteiger partial charge in [0, 0.05) is 11.6 Å². The summed E-state index contributed by atoms with van der Waals surface area (Å²) in [6, 6.07) is 8.92. The lowest BCUT2D eigenvalue weighted by molar-refractivity contribution is -0.182. The lowest BCUT2D eigenvalue weighted by Crippen LogP contribution is -2.46. The molecule has 0 radical (unpaired) electrons. The van der Waals surface area contributed by atoms with Crippen molar-refractivity contribution in [2.45, 2.75) is 76.4 Å². The number of benzene rings is 1. The Morgan fingerprint density at radius 2 is 2.00 bits per heavy atom. The minimum Gasteiger partial charge on any atom is -0.383 e. The van der Waals surface area contributed by atoms with Crippen molar-refractivity contribution in [3.8, 4) is 0 Å². The SMILES string of the molecule is CC1(C)O[C@H]2[C@H](n3ccc4c(N)ncnc43)CC3(CC(CCCc4ccc5ncsc5c4)C3)[C@H]2O1. The Kier molecular flexibility index (Phi) is 4.79. The number of nitrogen functional groups attached to an aromatic ring is 1. The Bertz CT molecular complexity index is 1410. The van der Waals surface area contributed by atoms with Crippen LogP contribution in [0.4, 0.5) is 5.82 Å². The zero-order valence-electron chi connectivity index (χ0n) is 20.2. The van der Waals surface area contributed by atoms with Crippen LogP contribution in [0.2, 0.25) is 0 Å². The van der Waals surface area contributed by atoms with E-state index >= 15 is 0 Å². The van der Waals surface area contributed by atoms with Gasteiger partial charge in [-0.25, -0.2) is 15.0 Å². The first-order valence-corrected chi connectivity index (χ1v) is 13.5. The van der Waals surface area contributed by atoms with E-state index in [1.807, 2.05) is 25.4 Å². The molecule has 4 aromatic rings. The highest BCUT2D eigenvalue weighted by Gasteiger charge is 2.65. The first-order chi connectivity index (χ1) is 16.9. The molecule has 1 spiro atoms. The predicted molar refractivity (Wildman–Crippen MR) is 137 cm³/mol. The predicted octanol–water partition coefficient (Wildman–Crippen LogP) is 5.51. The third-order valence-electron chi connectivity index (χ3n) is 8.49. The molecule has 1 saturated heterocycles. The molecule has 35 heavy (non-hydrogen) atoms. The maximum Gasteiger partial charge on any atom is 0.163 e. The highest BCUT2D eigenvalue weighted by Crippen LogP contribution is 2.64. The molecule has 2 aliphatic carbocycles. The Morgan fingerprint density at radius 3 is 2.89 bits per heavy atom. The van der Waals surface area contributed by atoms with Crippen LogP contribution in [0, 0.1) is 11.3 Å². The number of hydrogen-bond acceptors (Lipinski definition) is 7. The second-order valence-corrected chi connectivity index (χ2v) is 12.1. The third kappa shape index (κ3) is 3.49. The van der Waals surface area contributed by atoms with Crippen LogP contribution in [0.15, 0.2) is 42.3 Å². The van der Waals surface area contributed by atoms with Crippen LogP contribution >= 0.6 is 11.3 Å². The topological polar surface area (TPSA) is 88.1 Å². The fourth-order valence-corrected chi connectivity index (χ4v) is 7.79. The van der Waals surface area contributed by atoms with Crippen molar-refractivity contribution in [3.63, 3.8) is 0 Å². The largest absolute Gasteiger partial charge is 0.383 e. The second kappa shape index (κ2) is 7.72. The van der Waals surface area contributed by atoms with Gasteiger partial charge in [0.05, 0.1) is 33.3 Å². The smallest absolute Gasteiger partial charge is 0.163 e. The van der Waals surface area contributed by atoms with E-state index in [0.717, 1.165) is 35.3 Å². The van der Waals surface area contributed by atoms with Gasteiger partial charge in [-0.15, -0.1) is 11.3 Å². The van der Waals surface area contributed by atoms with E-state index in [9.17, 15) is 0 Å². The van der Waals surface area contributed by atoms with E-state index in [-0.39, 0.29) is 23.7 Å². The average Bonchev–Trinajstić information content (AvgIpc) is 3.55. The number of fused-ring (bicyclic) bond motifs is 4. The van der Waals surface area contributed by atoms with Gasteiger partial charge in [0.1, 0.15) is 23.9 Å². The summed E-state index contributed by atoms with van der Waals surface area (Å²) in [6.07, 6.45) is 10.9. The quantitative estimate of drug-likeness (QED) is 0.398. The fourth-order valence-electron chi connectivity index (χ4n) is 7.05. The summed E-state index contributed by atoms with van der Waals surface area (Å²) in [7, 11) is 0. The first-order valence-electron chi connectivity index (χ1n) is 12.7. The summed E-state index contributed by atoms with van der Waals surface area (Å²) in [5.41, 5.74) is 11.6. The molecule has 182 valence electrons. The lowest BCUT2D eigenvalue weighted by Gasteiger charge is -2.49. The van der Waals surface area contributed by atoms with Gasteiger partial charge in [-0.05, 0) is 75.6 Å². The lowest BCUT2D eigenvalue weighted by atomic mass is 9.58. The number of anilines is 1.